The fraction of sp³-hybridized carbons (Fsp3) is 0.571. The van der Waals surface area contributed by atoms with Crippen molar-refractivity contribution in [3.63, 3.8) is 0 Å². The molecular formula is C14H19N3OS. The van der Waals surface area contributed by atoms with E-state index in [1.807, 2.05) is 11.3 Å². The molecule has 19 heavy (non-hydrogen) atoms. The Morgan fingerprint density at radius 3 is 3.11 bits per heavy atom. The Labute approximate surface area is 117 Å². The number of hydrogen-bond acceptors (Lipinski definition) is 5. The lowest BCUT2D eigenvalue weighted by Crippen LogP contribution is -2.22. The van der Waals surface area contributed by atoms with Gasteiger partial charge in [-0.15, -0.1) is 11.3 Å². The summed E-state index contributed by atoms with van der Waals surface area (Å²) >= 11 is 1.84. The zero-order valence-electron chi connectivity index (χ0n) is 11.4. The summed E-state index contributed by atoms with van der Waals surface area (Å²) in [7, 11) is 0. The molecule has 2 aromatic heterocycles. The largest absolute Gasteiger partial charge is 0.338 e. The number of likely N-dealkylation sites (tertiary alicyclic amines) is 1. The summed E-state index contributed by atoms with van der Waals surface area (Å²) in [5.41, 5.74) is 0. The standard InChI is InChI=1S/C14H19N3OS/c1-10(2)14-15-13(18-16-14)9-17-7-3-5-11(17)12-6-4-8-19-12/h4,6,8,10-11H,3,5,7,9H2,1-2H3. The van der Waals surface area contributed by atoms with Gasteiger partial charge in [0.1, 0.15) is 0 Å². The number of rotatable bonds is 4. The van der Waals surface area contributed by atoms with Gasteiger partial charge in [-0.2, -0.15) is 4.98 Å². The molecule has 1 atom stereocenters. The smallest absolute Gasteiger partial charge is 0.240 e. The maximum atomic E-state index is 5.35. The van der Waals surface area contributed by atoms with Gasteiger partial charge in [-0.05, 0) is 30.8 Å². The van der Waals surface area contributed by atoms with Crippen LogP contribution >= 0.6 is 11.3 Å². The van der Waals surface area contributed by atoms with E-state index < -0.39 is 0 Å². The third kappa shape index (κ3) is 2.72. The van der Waals surface area contributed by atoms with Crippen LogP contribution in [0.1, 0.15) is 55.2 Å². The van der Waals surface area contributed by atoms with E-state index in [4.69, 9.17) is 4.52 Å². The van der Waals surface area contributed by atoms with Crippen LogP contribution in [0.4, 0.5) is 0 Å². The van der Waals surface area contributed by atoms with Crippen LogP contribution in [0.5, 0.6) is 0 Å². The third-order valence-electron chi connectivity index (χ3n) is 3.57. The summed E-state index contributed by atoms with van der Waals surface area (Å²) in [5.74, 6) is 1.87. The van der Waals surface area contributed by atoms with E-state index in [-0.39, 0.29) is 0 Å². The Balaban J connectivity index is 1.71. The maximum Gasteiger partial charge on any atom is 0.240 e. The molecule has 0 aliphatic carbocycles. The molecule has 4 nitrogen and oxygen atoms in total. The van der Waals surface area contributed by atoms with Crippen molar-refractivity contribution < 1.29 is 4.52 Å². The van der Waals surface area contributed by atoms with Gasteiger partial charge in [0, 0.05) is 16.8 Å². The predicted molar refractivity (Wildman–Crippen MR) is 75.1 cm³/mol. The van der Waals surface area contributed by atoms with Crippen LogP contribution in [0.15, 0.2) is 22.0 Å². The highest BCUT2D eigenvalue weighted by molar-refractivity contribution is 7.10. The highest BCUT2D eigenvalue weighted by Gasteiger charge is 2.28. The summed E-state index contributed by atoms with van der Waals surface area (Å²) in [6.07, 6.45) is 2.47. The molecule has 5 heteroatoms. The van der Waals surface area contributed by atoms with Crippen LogP contribution < -0.4 is 0 Å². The first kappa shape index (κ1) is 12.8. The monoisotopic (exact) mass is 277 g/mol. The van der Waals surface area contributed by atoms with Crippen LogP contribution in [0, 0.1) is 0 Å². The Hall–Kier alpha value is -1.20. The first-order valence-electron chi connectivity index (χ1n) is 6.84. The fourth-order valence-electron chi connectivity index (χ4n) is 2.56. The van der Waals surface area contributed by atoms with Gasteiger partial charge in [-0.1, -0.05) is 25.1 Å². The van der Waals surface area contributed by atoms with Gasteiger partial charge < -0.3 is 4.52 Å². The highest BCUT2D eigenvalue weighted by atomic mass is 32.1. The zero-order chi connectivity index (χ0) is 13.2. The first-order chi connectivity index (χ1) is 9.24. The number of aromatic nitrogens is 2. The molecule has 0 N–H and O–H groups in total. The molecule has 0 radical (unpaired) electrons. The zero-order valence-corrected chi connectivity index (χ0v) is 12.2. The van der Waals surface area contributed by atoms with Crippen molar-refractivity contribution in [2.45, 2.75) is 45.2 Å². The second kappa shape index (κ2) is 5.43. The lowest BCUT2D eigenvalue weighted by atomic mass is 10.2. The summed E-state index contributed by atoms with van der Waals surface area (Å²) in [6.45, 7) is 6.04. The fourth-order valence-corrected chi connectivity index (χ4v) is 3.45. The molecule has 1 unspecified atom stereocenters. The van der Waals surface area contributed by atoms with E-state index in [1.54, 1.807) is 0 Å². The number of nitrogens with zero attached hydrogens (tertiary/aromatic N) is 3. The van der Waals surface area contributed by atoms with Crippen molar-refractivity contribution >= 4 is 11.3 Å². The average Bonchev–Trinajstić information content (AvgIpc) is 3.09. The topological polar surface area (TPSA) is 42.2 Å². The predicted octanol–water partition coefficient (Wildman–Crippen LogP) is 3.59. The molecule has 1 aliphatic heterocycles. The quantitative estimate of drug-likeness (QED) is 0.856. The Bertz CT molecular complexity index is 521. The van der Waals surface area contributed by atoms with E-state index in [1.165, 1.54) is 17.7 Å². The number of thiophene rings is 1. The summed E-state index contributed by atoms with van der Waals surface area (Å²) in [5, 5.41) is 6.18. The molecule has 0 bridgehead atoms. The summed E-state index contributed by atoms with van der Waals surface area (Å²) in [4.78, 5) is 8.37. The second-order valence-corrected chi connectivity index (χ2v) is 6.32. The molecule has 0 saturated carbocycles. The van der Waals surface area contributed by atoms with Gasteiger partial charge in [0.25, 0.3) is 0 Å². The van der Waals surface area contributed by atoms with E-state index in [0.717, 1.165) is 24.8 Å². The van der Waals surface area contributed by atoms with Crippen molar-refractivity contribution in [3.05, 3.63) is 34.1 Å². The van der Waals surface area contributed by atoms with E-state index in [2.05, 4.69) is 46.4 Å². The van der Waals surface area contributed by atoms with Crippen LogP contribution in [0.25, 0.3) is 0 Å². The molecular weight excluding hydrogens is 258 g/mol. The van der Waals surface area contributed by atoms with Crippen molar-refractivity contribution in [1.82, 2.24) is 15.0 Å². The van der Waals surface area contributed by atoms with Gasteiger partial charge in [0.05, 0.1) is 6.54 Å². The Kier molecular flexibility index (Phi) is 3.66. The van der Waals surface area contributed by atoms with E-state index in [9.17, 15) is 0 Å². The lowest BCUT2D eigenvalue weighted by Gasteiger charge is -2.21. The number of hydrogen-bond donors (Lipinski definition) is 0. The van der Waals surface area contributed by atoms with Crippen LogP contribution in [0.3, 0.4) is 0 Å². The third-order valence-corrected chi connectivity index (χ3v) is 4.55. The summed E-state index contributed by atoms with van der Waals surface area (Å²) < 4.78 is 5.35. The minimum absolute atomic E-state index is 0.323. The molecule has 0 spiro atoms. The molecule has 2 aromatic rings. The average molecular weight is 277 g/mol. The van der Waals surface area contributed by atoms with E-state index in [0.29, 0.717) is 12.0 Å². The van der Waals surface area contributed by atoms with Crippen molar-refractivity contribution in [2.75, 3.05) is 6.54 Å². The molecule has 1 saturated heterocycles. The Morgan fingerprint density at radius 1 is 1.53 bits per heavy atom. The van der Waals surface area contributed by atoms with Crippen molar-refractivity contribution in [3.8, 4) is 0 Å². The van der Waals surface area contributed by atoms with Gasteiger partial charge in [-0.3, -0.25) is 4.90 Å². The molecule has 0 aromatic carbocycles. The minimum Gasteiger partial charge on any atom is -0.338 e. The van der Waals surface area contributed by atoms with Crippen LogP contribution in [0.2, 0.25) is 0 Å². The Morgan fingerprint density at radius 2 is 2.42 bits per heavy atom. The van der Waals surface area contributed by atoms with E-state index >= 15 is 0 Å². The molecule has 3 rings (SSSR count). The summed E-state index contributed by atoms with van der Waals surface area (Å²) in [6, 6.07) is 4.87. The van der Waals surface area contributed by atoms with Crippen LogP contribution in [-0.2, 0) is 6.54 Å². The highest BCUT2D eigenvalue weighted by Crippen LogP contribution is 2.35. The van der Waals surface area contributed by atoms with Crippen molar-refractivity contribution in [2.24, 2.45) is 0 Å². The molecule has 102 valence electrons. The molecule has 0 amide bonds. The van der Waals surface area contributed by atoms with Crippen LogP contribution in [-0.4, -0.2) is 21.6 Å². The minimum atomic E-state index is 0.323. The van der Waals surface area contributed by atoms with Crippen molar-refractivity contribution in [1.29, 1.82) is 0 Å². The SMILES string of the molecule is CC(C)c1noc(CN2CCCC2c2cccs2)n1. The lowest BCUT2D eigenvalue weighted by molar-refractivity contribution is 0.214. The van der Waals surface area contributed by atoms with Gasteiger partial charge in [0.15, 0.2) is 5.82 Å². The molecule has 1 fully saturated rings. The van der Waals surface area contributed by atoms with Gasteiger partial charge >= 0.3 is 0 Å². The normalized spacial score (nSPS) is 20.5. The second-order valence-electron chi connectivity index (χ2n) is 5.34. The molecule has 3 heterocycles. The molecule has 1 aliphatic rings. The van der Waals surface area contributed by atoms with Gasteiger partial charge in [0.2, 0.25) is 5.89 Å². The maximum absolute atomic E-state index is 5.35. The van der Waals surface area contributed by atoms with Gasteiger partial charge in [-0.25, -0.2) is 0 Å². The first-order valence-corrected chi connectivity index (χ1v) is 7.72.